The minimum absolute atomic E-state index is 0.0235. The zero-order valence-corrected chi connectivity index (χ0v) is 6.32. The molecule has 2 nitrogen and oxygen atoms in total. The Kier molecular flexibility index (Phi) is 2.32. The maximum atomic E-state index is 12.0. The van der Waals surface area contributed by atoms with Crippen molar-refractivity contribution in [2.45, 2.75) is 0 Å². The van der Waals surface area contributed by atoms with E-state index in [4.69, 9.17) is 4.74 Å². The predicted molar refractivity (Wildman–Crippen MR) is 31.5 cm³/mol. The quantitative estimate of drug-likeness (QED) is 0.424. The van der Waals surface area contributed by atoms with Gasteiger partial charge in [0.2, 0.25) is 0 Å². The number of hydrogen-bond donors (Lipinski definition) is 0. The van der Waals surface area contributed by atoms with Crippen molar-refractivity contribution in [3.63, 3.8) is 0 Å². The maximum absolute atomic E-state index is 12.0. The van der Waals surface area contributed by atoms with E-state index >= 15 is 0 Å². The number of nitrogens with zero attached hydrogens (tertiary/aromatic N) is 1. The maximum Gasteiger partial charge on any atom is 0.719 e. The Morgan fingerprint density at radius 2 is 1.60 bits per heavy atom. The largest absolute Gasteiger partial charge is 0.719 e. The van der Waals surface area contributed by atoms with Gasteiger partial charge >= 0.3 is 9.24 Å². The van der Waals surface area contributed by atoms with Crippen LogP contribution in [-0.4, -0.2) is 40.1 Å². The van der Waals surface area contributed by atoms with Gasteiger partial charge in [-0.1, -0.05) is 0 Å². The molecule has 0 unspecified atom stereocenters. The monoisotopic (exact) mass is 171 g/mol. The van der Waals surface area contributed by atoms with Gasteiger partial charge < -0.3 is 4.74 Å². The zero-order valence-electron chi connectivity index (χ0n) is 5.32. The lowest BCUT2D eigenvalue weighted by atomic mass is 10.5. The fourth-order valence-corrected chi connectivity index (χ4v) is 1.51. The van der Waals surface area contributed by atoms with E-state index in [1.165, 1.54) is 0 Å². The van der Waals surface area contributed by atoms with Crippen LogP contribution in [0, 0.1) is 0 Å². The molecule has 0 aliphatic carbocycles. The van der Waals surface area contributed by atoms with E-state index in [2.05, 4.69) is 0 Å². The summed E-state index contributed by atoms with van der Waals surface area (Å²) < 4.78 is 41.2. The molecule has 1 saturated heterocycles. The lowest BCUT2D eigenvalue weighted by Gasteiger charge is -2.26. The third kappa shape index (κ3) is 1.96. The van der Waals surface area contributed by atoms with Crippen LogP contribution < -0.4 is 0 Å². The third-order valence-corrected chi connectivity index (χ3v) is 2.53. The summed E-state index contributed by atoms with van der Waals surface area (Å²) in [5, 5.41) is 0. The molecule has 1 aliphatic heterocycles. The number of halogens is 3. The van der Waals surface area contributed by atoms with Gasteiger partial charge in [-0.25, -0.2) is 16.9 Å². The fourth-order valence-electron chi connectivity index (χ4n) is 0.817. The van der Waals surface area contributed by atoms with Crippen molar-refractivity contribution in [2.24, 2.45) is 0 Å². The minimum Gasteiger partial charge on any atom is -0.379 e. The zero-order chi connectivity index (χ0) is 7.61. The number of morpholine rings is 1. The summed E-state index contributed by atoms with van der Waals surface area (Å²) in [7, 11) is -5.50. The van der Waals surface area contributed by atoms with E-state index in [1.54, 1.807) is 0 Å². The highest BCUT2D eigenvalue weighted by Gasteiger charge is 2.46. The number of ether oxygens (including phenoxy) is 1. The molecular weight excluding hydrogens is 163 g/mol. The van der Waals surface area contributed by atoms with Gasteiger partial charge in [-0.15, -0.1) is 0 Å². The second kappa shape index (κ2) is 2.89. The van der Waals surface area contributed by atoms with Crippen LogP contribution in [0.3, 0.4) is 0 Å². The molecule has 0 amide bonds. The standard InChI is InChI=1S/C4H8F3NOSi/c5-10(6,7)8-1-3-9-4-2-8/h1-4H2. The Morgan fingerprint density at radius 3 is 1.90 bits per heavy atom. The molecule has 0 spiro atoms. The van der Waals surface area contributed by atoms with Gasteiger partial charge in [-0.05, 0) is 0 Å². The van der Waals surface area contributed by atoms with Crippen molar-refractivity contribution in [3.05, 3.63) is 0 Å². The van der Waals surface area contributed by atoms with Gasteiger partial charge in [0.05, 0.1) is 13.2 Å². The van der Waals surface area contributed by atoms with E-state index in [0.717, 1.165) is 0 Å². The van der Waals surface area contributed by atoms with Crippen LogP contribution in [0.1, 0.15) is 0 Å². The Bertz CT molecular complexity index is 112. The van der Waals surface area contributed by atoms with Gasteiger partial charge in [-0.2, -0.15) is 0 Å². The summed E-state index contributed by atoms with van der Waals surface area (Å²) in [5.41, 5.74) is 0. The summed E-state index contributed by atoms with van der Waals surface area (Å²) >= 11 is 0. The van der Waals surface area contributed by atoms with Crippen LogP contribution in [0.15, 0.2) is 0 Å². The van der Waals surface area contributed by atoms with E-state index in [1.807, 2.05) is 0 Å². The summed E-state index contributed by atoms with van der Waals surface area (Å²) in [6.07, 6.45) is 0. The van der Waals surface area contributed by atoms with Crippen molar-refractivity contribution >= 4 is 9.24 Å². The average Bonchev–Trinajstić information content (AvgIpc) is 1.88. The van der Waals surface area contributed by atoms with Gasteiger partial charge in [0, 0.05) is 13.1 Å². The van der Waals surface area contributed by atoms with Gasteiger partial charge in [0.25, 0.3) is 0 Å². The Labute approximate surface area is 58.2 Å². The lowest BCUT2D eigenvalue weighted by Crippen LogP contribution is -2.49. The third-order valence-electron chi connectivity index (χ3n) is 1.37. The molecule has 0 N–H and O–H groups in total. The molecule has 1 rings (SSSR count). The molecule has 0 radical (unpaired) electrons. The molecule has 10 heavy (non-hydrogen) atoms. The van der Waals surface area contributed by atoms with Gasteiger partial charge in [0.1, 0.15) is 0 Å². The normalized spacial score (nSPS) is 23.1. The molecule has 1 aliphatic rings. The Balaban J connectivity index is 2.39. The van der Waals surface area contributed by atoms with Crippen molar-refractivity contribution in [1.82, 2.24) is 4.57 Å². The van der Waals surface area contributed by atoms with Crippen molar-refractivity contribution in [1.29, 1.82) is 0 Å². The molecule has 60 valence electrons. The smallest absolute Gasteiger partial charge is 0.379 e. The van der Waals surface area contributed by atoms with Crippen LogP contribution in [-0.2, 0) is 4.74 Å². The van der Waals surface area contributed by atoms with E-state index in [9.17, 15) is 12.3 Å². The fraction of sp³-hybridized carbons (Fsp3) is 1.00. The van der Waals surface area contributed by atoms with Crippen molar-refractivity contribution in [2.75, 3.05) is 26.3 Å². The molecule has 0 bridgehead atoms. The first-order valence-corrected chi connectivity index (χ1v) is 4.58. The molecule has 0 aromatic carbocycles. The van der Waals surface area contributed by atoms with Crippen LogP contribution >= 0.6 is 0 Å². The first-order valence-electron chi connectivity index (χ1n) is 3.00. The number of hydrogen-bond acceptors (Lipinski definition) is 2. The molecule has 6 heteroatoms. The first-order chi connectivity index (χ1) is 4.61. The molecule has 0 aromatic rings. The van der Waals surface area contributed by atoms with Gasteiger partial charge in [-0.3, -0.25) is 0 Å². The summed E-state index contributed by atoms with van der Waals surface area (Å²) in [5.74, 6) is 0. The molecule has 0 saturated carbocycles. The van der Waals surface area contributed by atoms with Crippen LogP contribution in [0.5, 0.6) is 0 Å². The molecule has 0 aromatic heterocycles. The Hall–Kier alpha value is -0.0731. The molecule has 1 heterocycles. The van der Waals surface area contributed by atoms with E-state index in [-0.39, 0.29) is 26.3 Å². The number of rotatable bonds is 1. The highest BCUT2D eigenvalue weighted by atomic mass is 28.5. The van der Waals surface area contributed by atoms with Crippen molar-refractivity contribution in [3.8, 4) is 0 Å². The van der Waals surface area contributed by atoms with Gasteiger partial charge in [0.15, 0.2) is 0 Å². The summed E-state index contributed by atoms with van der Waals surface area (Å²) in [6.45, 7) is 0.477. The first kappa shape index (κ1) is 8.03. The van der Waals surface area contributed by atoms with Crippen LogP contribution in [0.2, 0.25) is 0 Å². The SMILES string of the molecule is F[Si](F)(F)N1CCOCC1. The Morgan fingerprint density at radius 1 is 1.10 bits per heavy atom. The highest BCUT2D eigenvalue weighted by molar-refractivity contribution is 6.55. The summed E-state index contributed by atoms with van der Waals surface area (Å²) in [6, 6.07) is 0. The van der Waals surface area contributed by atoms with E-state index < -0.39 is 9.24 Å². The minimum atomic E-state index is -5.50. The van der Waals surface area contributed by atoms with E-state index in [0.29, 0.717) is 4.57 Å². The van der Waals surface area contributed by atoms with Crippen LogP contribution in [0.25, 0.3) is 0 Å². The molecule has 1 fully saturated rings. The topological polar surface area (TPSA) is 12.5 Å². The predicted octanol–water partition coefficient (Wildman–Crippen LogP) is 0.663. The average molecular weight is 171 g/mol. The second-order valence-electron chi connectivity index (χ2n) is 2.07. The van der Waals surface area contributed by atoms with Crippen LogP contribution in [0.4, 0.5) is 12.3 Å². The molecular formula is C4H8F3NOSi. The summed E-state index contributed by atoms with van der Waals surface area (Å²) in [4.78, 5) is 0. The highest BCUT2D eigenvalue weighted by Crippen LogP contribution is 2.15. The second-order valence-corrected chi connectivity index (χ2v) is 3.64. The van der Waals surface area contributed by atoms with Crippen molar-refractivity contribution < 1.29 is 17.1 Å². The molecule has 0 atom stereocenters. The lowest BCUT2D eigenvalue weighted by molar-refractivity contribution is 0.0531.